The number of amides is 1. The molecule has 2 aromatic carbocycles. The summed E-state index contributed by atoms with van der Waals surface area (Å²) in [5.41, 5.74) is 0.916. The monoisotopic (exact) mass is 399 g/mol. The zero-order valence-electron chi connectivity index (χ0n) is 16.0. The number of hydrogen-bond donors (Lipinski definition) is 2. The van der Waals surface area contributed by atoms with Crippen molar-refractivity contribution in [1.82, 2.24) is 10.0 Å². The Kier molecular flexibility index (Phi) is 7.73. The van der Waals surface area contributed by atoms with E-state index in [1.165, 1.54) is 12.1 Å². The van der Waals surface area contributed by atoms with Gasteiger partial charge in [-0.3, -0.25) is 4.79 Å². The summed E-state index contributed by atoms with van der Waals surface area (Å²) >= 11 is 0. The highest BCUT2D eigenvalue weighted by Crippen LogP contribution is 2.13. The van der Waals surface area contributed by atoms with Gasteiger partial charge in [-0.2, -0.15) is 9.98 Å². The molecular formula is C21H25N3O3S. The van der Waals surface area contributed by atoms with Crippen molar-refractivity contribution in [3.05, 3.63) is 66.2 Å². The molecule has 0 aliphatic carbocycles. The molecule has 2 N–H and O–H groups in total. The van der Waals surface area contributed by atoms with Gasteiger partial charge in [0.05, 0.1) is 11.0 Å². The van der Waals surface area contributed by atoms with Gasteiger partial charge in [-0.25, -0.2) is 8.42 Å². The van der Waals surface area contributed by atoms with Crippen LogP contribution >= 0.6 is 0 Å². The number of hydrogen-bond acceptors (Lipinski definition) is 4. The molecule has 0 spiro atoms. The molecule has 2 atom stereocenters. The van der Waals surface area contributed by atoms with Gasteiger partial charge in [-0.15, -0.1) is 0 Å². The van der Waals surface area contributed by atoms with E-state index < -0.39 is 28.0 Å². The molecule has 1 amide bonds. The fourth-order valence-corrected chi connectivity index (χ4v) is 4.02. The standard InChI is InChI=1S/C21H25N3O3S/c1-16(2)13-20(24-28(26,27)19-11-7-4-8-12-19)21(25)23-18(15-22)14-17-9-5-3-6-10-17/h3-12,16,18,20,24H,13-14H2,1-2H3,(H,23,25)/t18-,20-/m0/s1. The normalized spacial score (nSPS) is 13.5. The molecule has 0 heterocycles. The Morgan fingerprint density at radius 3 is 2.14 bits per heavy atom. The van der Waals surface area contributed by atoms with Crippen LogP contribution in [0.1, 0.15) is 25.8 Å². The summed E-state index contributed by atoms with van der Waals surface area (Å²) in [5.74, 6) is -0.417. The SMILES string of the molecule is CC(C)C[C@H](NS(=O)(=O)c1ccccc1)C(=O)N[C@H](C#N)Cc1ccccc1. The first kappa shape index (κ1) is 21.6. The molecule has 0 radical (unpaired) electrons. The summed E-state index contributed by atoms with van der Waals surface area (Å²) in [7, 11) is -3.85. The van der Waals surface area contributed by atoms with Crippen molar-refractivity contribution in [2.24, 2.45) is 5.92 Å². The van der Waals surface area contributed by atoms with E-state index in [0.717, 1.165) is 5.56 Å². The number of carbonyl (C=O) groups is 1. The van der Waals surface area contributed by atoms with Crippen LogP contribution in [0.2, 0.25) is 0 Å². The molecule has 0 aliphatic rings. The van der Waals surface area contributed by atoms with Crippen LogP contribution in [0.25, 0.3) is 0 Å². The van der Waals surface area contributed by atoms with E-state index in [2.05, 4.69) is 16.1 Å². The number of carbonyl (C=O) groups excluding carboxylic acids is 1. The molecule has 0 aromatic heterocycles. The third-order valence-corrected chi connectivity index (χ3v) is 5.62. The molecule has 0 bridgehead atoms. The van der Waals surface area contributed by atoms with Crippen molar-refractivity contribution < 1.29 is 13.2 Å². The first-order valence-corrected chi connectivity index (χ1v) is 10.6. The maximum Gasteiger partial charge on any atom is 0.241 e. The maximum absolute atomic E-state index is 12.8. The van der Waals surface area contributed by atoms with Crippen molar-refractivity contribution in [2.45, 2.75) is 43.7 Å². The maximum atomic E-state index is 12.8. The van der Waals surface area contributed by atoms with Crippen LogP contribution in [0.4, 0.5) is 0 Å². The molecule has 0 unspecified atom stereocenters. The van der Waals surface area contributed by atoms with Crippen molar-refractivity contribution in [3.63, 3.8) is 0 Å². The Balaban J connectivity index is 2.13. The topological polar surface area (TPSA) is 99.1 Å². The van der Waals surface area contributed by atoms with E-state index in [1.807, 2.05) is 44.2 Å². The molecular weight excluding hydrogens is 374 g/mol. The summed E-state index contributed by atoms with van der Waals surface area (Å²) in [6.45, 7) is 3.81. The second kappa shape index (κ2) is 10.0. The lowest BCUT2D eigenvalue weighted by molar-refractivity contribution is -0.123. The predicted octanol–water partition coefficient (Wildman–Crippen LogP) is 2.63. The summed E-state index contributed by atoms with van der Waals surface area (Å²) < 4.78 is 27.7. The lowest BCUT2D eigenvalue weighted by Crippen LogP contribution is -2.50. The average molecular weight is 400 g/mol. The summed E-state index contributed by atoms with van der Waals surface area (Å²) in [6.07, 6.45) is 0.671. The average Bonchev–Trinajstić information content (AvgIpc) is 2.68. The van der Waals surface area contributed by atoms with Gasteiger partial charge in [0.2, 0.25) is 15.9 Å². The van der Waals surface area contributed by atoms with Crippen LogP contribution in [0.5, 0.6) is 0 Å². The molecule has 7 heteroatoms. The van der Waals surface area contributed by atoms with Crippen molar-refractivity contribution in [1.29, 1.82) is 5.26 Å². The molecule has 0 fully saturated rings. The highest BCUT2D eigenvalue weighted by atomic mass is 32.2. The molecule has 6 nitrogen and oxygen atoms in total. The molecule has 2 aromatic rings. The Morgan fingerprint density at radius 1 is 1.04 bits per heavy atom. The number of rotatable bonds is 9. The predicted molar refractivity (Wildman–Crippen MR) is 108 cm³/mol. The Bertz CT molecular complexity index is 907. The van der Waals surface area contributed by atoms with E-state index in [9.17, 15) is 18.5 Å². The number of benzene rings is 2. The van der Waals surface area contributed by atoms with Crippen LogP contribution in [-0.4, -0.2) is 26.4 Å². The van der Waals surface area contributed by atoms with Gasteiger partial charge < -0.3 is 5.32 Å². The third-order valence-electron chi connectivity index (χ3n) is 4.13. The lowest BCUT2D eigenvalue weighted by Gasteiger charge is -2.22. The summed E-state index contributed by atoms with van der Waals surface area (Å²) in [4.78, 5) is 12.9. The summed E-state index contributed by atoms with van der Waals surface area (Å²) in [5, 5.41) is 12.1. The van der Waals surface area contributed by atoms with E-state index in [0.29, 0.717) is 12.8 Å². The van der Waals surface area contributed by atoms with Crippen LogP contribution in [0.3, 0.4) is 0 Å². The fourth-order valence-electron chi connectivity index (χ4n) is 2.79. The van der Waals surface area contributed by atoms with Crippen LogP contribution in [0, 0.1) is 17.2 Å². The van der Waals surface area contributed by atoms with Crippen molar-refractivity contribution in [2.75, 3.05) is 0 Å². The van der Waals surface area contributed by atoms with E-state index in [-0.39, 0.29) is 10.8 Å². The molecule has 2 rings (SSSR count). The molecule has 0 saturated heterocycles. The zero-order chi connectivity index (χ0) is 20.6. The zero-order valence-corrected chi connectivity index (χ0v) is 16.8. The summed E-state index contributed by atoms with van der Waals surface area (Å²) in [6, 6.07) is 17.6. The Morgan fingerprint density at radius 2 is 1.61 bits per heavy atom. The van der Waals surface area contributed by atoms with Crippen molar-refractivity contribution >= 4 is 15.9 Å². The quantitative estimate of drug-likeness (QED) is 0.677. The minimum Gasteiger partial charge on any atom is -0.339 e. The number of nitrogens with zero attached hydrogens (tertiary/aromatic N) is 1. The first-order valence-electron chi connectivity index (χ1n) is 9.13. The smallest absolute Gasteiger partial charge is 0.241 e. The highest BCUT2D eigenvalue weighted by molar-refractivity contribution is 7.89. The van der Waals surface area contributed by atoms with Crippen LogP contribution in [-0.2, 0) is 21.2 Å². The third kappa shape index (κ3) is 6.48. The van der Waals surface area contributed by atoms with E-state index in [4.69, 9.17) is 0 Å². The largest absolute Gasteiger partial charge is 0.339 e. The van der Waals surface area contributed by atoms with Gasteiger partial charge in [-0.05, 0) is 30.0 Å². The molecule has 28 heavy (non-hydrogen) atoms. The second-order valence-corrected chi connectivity index (χ2v) is 8.71. The van der Waals surface area contributed by atoms with E-state index >= 15 is 0 Å². The Hall–Kier alpha value is -2.69. The number of sulfonamides is 1. The van der Waals surface area contributed by atoms with Crippen LogP contribution < -0.4 is 10.0 Å². The van der Waals surface area contributed by atoms with Gasteiger partial charge in [0.15, 0.2) is 0 Å². The number of nitrogens with one attached hydrogen (secondary N) is 2. The number of nitriles is 1. The minimum atomic E-state index is -3.85. The fraction of sp³-hybridized carbons (Fsp3) is 0.333. The highest BCUT2D eigenvalue weighted by Gasteiger charge is 2.28. The molecule has 0 aliphatic heterocycles. The van der Waals surface area contributed by atoms with Gasteiger partial charge in [0.25, 0.3) is 0 Å². The van der Waals surface area contributed by atoms with Crippen LogP contribution in [0.15, 0.2) is 65.6 Å². The van der Waals surface area contributed by atoms with Gasteiger partial charge >= 0.3 is 0 Å². The minimum absolute atomic E-state index is 0.0869. The first-order chi connectivity index (χ1) is 13.3. The molecule has 148 valence electrons. The van der Waals surface area contributed by atoms with Gasteiger partial charge in [0.1, 0.15) is 12.1 Å². The van der Waals surface area contributed by atoms with Gasteiger partial charge in [-0.1, -0.05) is 62.4 Å². The Labute approximate surface area is 166 Å². The lowest BCUT2D eigenvalue weighted by atomic mass is 10.0. The van der Waals surface area contributed by atoms with E-state index in [1.54, 1.807) is 18.2 Å². The second-order valence-electron chi connectivity index (χ2n) is 7.00. The molecule has 0 saturated carbocycles. The van der Waals surface area contributed by atoms with Crippen molar-refractivity contribution in [3.8, 4) is 6.07 Å². The van der Waals surface area contributed by atoms with Gasteiger partial charge in [0, 0.05) is 6.42 Å².